The molecule has 0 radical (unpaired) electrons. The summed E-state index contributed by atoms with van der Waals surface area (Å²) in [5.74, 6) is 1.17. The maximum Gasteiger partial charge on any atom is 0.247 e. The Kier molecular flexibility index (Phi) is 4.78. The zero-order valence-corrected chi connectivity index (χ0v) is 12.6. The fraction of sp³-hybridized carbons (Fsp3) is 0.500. The Morgan fingerprint density at radius 2 is 1.82 bits per heavy atom. The molecule has 6 heteroatoms. The van der Waals surface area contributed by atoms with Gasteiger partial charge in [-0.15, -0.1) is 10.2 Å². The van der Waals surface area contributed by atoms with E-state index in [1.54, 1.807) is 12.4 Å². The Bertz CT molecular complexity index is 604. The molecule has 1 saturated heterocycles. The average molecular weight is 300 g/mol. The van der Waals surface area contributed by atoms with E-state index in [2.05, 4.69) is 15.2 Å². The van der Waals surface area contributed by atoms with E-state index in [4.69, 9.17) is 4.42 Å². The summed E-state index contributed by atoms with van der Waals surface area (Å²) in [5.41, 5.74) is 0.840. The van der Waals surface area contributed by atoms with Crippen LogP contribution in [-0.4, -0.2) is 39.1 Å². The van der Waals surface area contributed by atoms with Crippen LogP contribution in [-0.2, 0) is 11.2 Å². The first-order valence-electron chi connectivity index (χ1n) is 7.83. The van der Waals surface area contributed by atoms with Crippen LogP contribution >= 0.6 is 0 Å². The van der Waals surface area contributed by atoms with Gasteiger partial charge in [0.25, 0.3) is 0 Å². The predicted molar refractivity (Wildman–Crippen MR) is 80.9 cm³/mol. The van der Waals surface area contributed by atoms with Crippen LogP contribution in [0.5, 0.6) is 0 Å². The minimum absolute atomic E-state index is 0.186. The van der Waals surface area contributed by atoms with Gasteiger partial charge in [-0.25, -0.2) is 0 Å². The minimum Gasteiger partial charge on any atom is -0.421 e. The lowest BCUT2D eigenvalue weighted by Gasteiger charge is -2.19. The molecule has 6 nitrogen and oxygen atoms in total. The molecule has 116 valence electrons. The maximum atomic E-state index is 12.2. The molecule has 1 aliphatic rings. The van der Waals surface area contributed by atoms with Crippen molar-refractivity contribution < 1.29 is 9.21 Å². The van der Waals surface area contributed by atoms with Crippen LogP contribution in [0.15, 0.2) is 28.9 Å². The molecule has 0 N–H and O–H groups in total. The molecule has 3 rings (SSSR count). The number of pyridine rings is 1. The largest absolute Gasteiger partial charge is 0.421 e. The summed E-state index contributed by atoms with van der Waals surface area (Å²) in [6, 6.07) is 3.64. The van der Waals surface area contributed by atoms with Gasteiger partial charge in [0.2, 0.25) is 17.7 Å². The van der Waals surface area contributed by atoms with Gasteiger partial charge in [-0.05, 0) is 25.0 Å². The molecule has 2 aromatic rings. The van der Waals surface area contributed by atoms with Crippen LogP contribution in [0.4, 0.5) is 0 Å². The van der Waals surface area contributed by atoms with Crippen LogP contribution in [0.1, 0.15) is 38.0 Å². The number of likely N-dealkylation sites (tertiary alicyclic amines) is 1. The lowest BCUT2D eigenvalue weighted by atomic mass is 10.2. The van der Waals surface area contributed by atoms with Crippen LogP contribution in [0.3, 0.4) is 0 Å². The second kappa shape index (κ2) is 7.15. The Labute approximate surface area is 129 Å². The molecule has 1 amide bonds. The van der Waals surface area contributed by atoms with Crippen molar-refractivity contribution in [1.82, 2.24) is 20.1 Å². The molecule has 2 aromatic heterocycles. The number of aromatic nitrogens is 3. The summed E-state index contributed by atoms with van der Waals surface area (Å²) in [4.78, 5) is 18.2. The van der Waals surface area contributed by atoms with E-state index in [0.717, 1.165) is 31.5 Å². The molecule has 1 aliphatic heterocycles. The molecule has 3 heterocycles. The van der Waals surface area contributed by atoms with Gasteiger partial charge >= 0.3 is 0 Å². The van der Waals surface area contributed by atoms with Crippen molar-refractivity contribution in [2.24, 2.45) is 0 Å². The van der Waals surface area contributed by atoms with Crippen molar-refractivity contribution in [3.05, 3.63) is 30.4 Å². The lowest BCUT2D eigenvalue weighted by molar-refractivity contribution is -0.131. The second-order valence-electron chi connectivity index (χ2n) is 5.53. The first kappa shape index (κ1) is 14.7. The number of hydrogen-bond donors (Lipinski definition) is 0. The third-order valence-electron chi connectivity index (χ3n) is 3.91. The summed E-state index contributed by atoms with van der Waals surface area (Å²) in [6.07, 6.45) is 8.96. The Balaban J connectivity index is 1.55. The van der Waals surface area contributed by atoms with E-state index >= 15 is 0 Å². The van der Waals surface area contributed by atoms with Crippen molar-refractivity contribution >= 4 is 5.91 Å². The predicted octanol–water partition coefficient (Wildman–Crippen LogP) is 2.47. The van der Waals surface area contributed by atoms with Crippen LogP contribution in [0.2, 0.25) is 0 Å². The normalized spacial score (nSPS) is 15.5. The number of nitrogens with zero attached hydrogens (tertiary/aromatic N) is 4. The van der Waals surface area contributed by atoms with Gasteiger partial charge in [0, 0.05) is 43.9 Å². The molecule has 22 heavy (non-hydrogen) atoms. The number of carbonyl (C=O) groups is 1. The van der Waals surface area contributed by atoms with E-state index in [-0.39, 0.29) is 5.91 Å². The zero-order chi connectivity index (χ0) is 15.2. The van der Waals surface area contributed by atoms with E-state index in [1.165, 1.54) is 12.8 Å². The Morgan fingerprint density at radius 3 is 2.55 bits per heavy atom. The fourth-order valence-electron chi connectivity index (χ4n) is 2.66. The van der Waals surface area contributed by atoms with Gasteiger partial charge in [-0.2, -0.15) is 0 Å². The van der Waals surface area contributed by atoms with Crippen molar-refractivity contribution in [1.29, 1.82) is 0 Å². The van der Waals surface area contributed by atoms with Crippen LogP contribution in [0.25, 0.3) is 11.5 Å². The molecule has 0 spiro atoms. The maximum absolute atomic E-state index is 12.2. The molecule has 0 aromatic carbocycles. The topological polar surface area (TPSA) is 72.1 Å². The highest BCUT2D eigenvalue weighted by Gasteiger charge is 2.17. The van der Waals surface area contributed by atoms with E-state index < -0.39 is 0 Å². The number of rotatable bonds is 4. The molecule has 0 unspecified atom stereocenters. The molecule has 0 atom stereocenters. The third kappa shape index (κ3) is 3.69. The summed E-state index contributed by atoms with van der Waals surface area (Å²) >= 11 is 0. The van der Waals surface area contributed by atoms with Crippen molar-refractivity contribution in [3.63, 3.8) is 0 Å². The number of hydrogen-bond acceptors (Lipinski definition) is 5. The highest BCUT2D eigenvalue weighted by molar-refractivity contribution is 5.76. The molecule has 0 aliphatic carbocycles. The number of amides is 1. The van der Waals surface area contributed by atoms with Crippen molar-refractivity contribution in [3.8, 4) is 11.5 Å². The highest BCUT2D eigenvalue weighted by atomic mass is 16.4. The molecule has 0 bridgehead atoms. The van der Waals surface area contributed by atoms with Crippen LogP contribution < -0.4 is 0 Å². The monoisotopic (exact) mass is 300 g/mol. The van der Waals surface area contributed by atoms with Gasteiger partial charge in [0.05, 0.1) is 0 Å². The summed E-state index contributed by atoms with van der Waals surface area (Å²) in [5, 5.41) is 8.04. The van der Waals surface area contributed by atoms with Gasteiger partial charge in [0.1, 0.15) is 0 Å². The van der Waals surface area contributed by atoms with Gasteiger partial charge in [-0.1, -0.05) is 12.8 Å². The van der Waals surface area contributed by atoms with Gasteiger partial charge in [0.15, 0.2) is 0 Å². The molecular weight excluding hydrogens is 280 g/mol. The first-order valence-corrected chi connectivity index (χ1v) is 7.83. The van der Waals surface area contributed by atoms with Crippen LogP contribution in [0, 0.1) is 0 Å². The molecule has 0 saturated carbocycles. The van der Waals surface area contributed by atoms with Gasteiger partial charge < -0.3 is 9.32 Å². The second-order valence-corrected chi connectivity index (χ2v) is 5.53. The summed E-state index contributed by atoms with van der Waals surface area (Å²) < 4.78 is 5.61. The zero-order valence-electron chi connectivity index (χ0n) is 12.6. The average Bonchev–Trinajstić information content (AvgIpc) is 2.87. The number of aryl methyl sites for hydroxylation is 1. The van der Waals surface area contributed by atoms with E-state index in [1.807, 2.05) is 17.0 Å². The lowest BCUT2D eigenvalue weighted by Crippen LogP contribution is -2.31. The molecular formula is C16H20N4O2. The molecule has 1 fully saturated rings. The minimum atomic E-state index is 0.186. The van der Waals surface area contributed by atoms with Crippen molar-refractivity contribution in [2.45, 2.75) is 38.5 Å². The van der Waals surface area contributed by atoms with Gasteiger partial charge in [-0.3, -0.25) is 9.78 Å². The SMILES string of the molecule is O=C(CCc1nnc(-c2ccncc2)o1)N1CCCCCC1. The Morgan fingerprint density at radius 1 is 1.09 bits per heavy atom. The van der Waals surface area contributed by atoms with E-state index in [0.29, 0.717) is 24.6 Å². The summed E-state index contributed by atoms with van der Waals surface area (Å²) in [7, 11) is 0. The number of carbonyl (C=O) groups excluding carboxylic acids is 1. The highest BCUT2D eigenvalue weighted by Crippen LogP contribution is 2.17. The third-order valence-corrected chi connectivity index (χ3v) is 3.91. The van der Waals surface area contributed by atoms with Crippen molar-refractivity contribution in [2.75, 3.05) is 13.1 Å². The fourth-order valence-corrected chi connectivity index (χ4v) is 2.66. The smallest absolute Gasteiger partial charge is 0.247 e. The quantitative estimate of drug-likeness (QED) is 0.867. The van der Waals surface area contributed by atoms with E-state index in [9.17, 15) is 4.79 Å². The first-order chi connectivity index (χ1) is 10.8. The standard InChI is InChI=1S/C16H20N4O2/c21-15(20-11-3-1-2-4-12-20)6-5-14-18-19-16(22-14)13-7-9-17-10-8-13/h7-10H,1-6,11-12H2. The Hall–Kier alpha value is -2.24. The summed E-state index contributed by atoms with van der Waals surface area (Å²) in [6.45, 7) is 1.76.